The zero-order valence-corrected chi connectivity index (χ0v) is 11.5. The van der Waals surface area contributed by atoms with Crippen molar-refractivity contribution < 1.29 is 24.8 Å². The Hall–Kier alpha value is -0.200. The van der Waals surface area contributed by atoms with Crippen LogP contribution in [0.15, 0.2) is 30.3 Å². The number of hydrogen-bond donors (Lipinski definition) is 0. The Kier molecular flexibility index (Phi) is 21.9. The Morgan fingerprint density at radius 2 is 1.20 bits per heavy atom. The second-order valence-electron chi connectivity index (χ2n) is 3.36. The summed E-state index contributed by atoms with van der Waals surface area (Å²) >= 11 is 0. The Labute approximate surface area is 107 Å². The average molecular weight is 249 g/mol. The fourth-order valence-electron chi connectivity index (χ4n) is 1.03. The van der Waals surface area contributed by atoms with Crippen molar-refractivity contribution in [1.82, 2.24) is 0 Å². The highest BCUT2D eigenvalue weighted by Crippen LogP contribution is 1.95. The molecule has 0 nitrogen and oxygen atoms in total. The molecule has 0 bridgehead atoms. The van der Waals surface area contributed by atoms with Gasteiger partial charge in [-0.3, -0.25) is 0 Å². The van der Waals surface area contributed by atoms with Crippen LogP contribution >= 0.6 is 0 Å². The molecule has 0 aromatic heterocycles. The van der Waals surface area contributed by atoms with Crippen molar-refractivity contribution in [2.24, 2.45) is 0 Å². The molecule has 0 unspecified atom stereocenters. The lowest BCUT2D eigenvalue weighted by Crippen LogP contribution is -3.00. The second-order valence-corrected chi connectivity index (χ2v) is 3.36. The number of benzene rings is 1. The van der Waals surface area contributed by atoms with Gasteiger partial charge < -0.3 is 24.8 Å². The van der Waals surface area contributed by atoms with Gasteiger partial charge in [0.15, 0.2) is 0 Å². The van der Waals surface area contributed by atoms with E-state index in [1.54, 1.807) is 0 Å². The van der Waals surface area contributed by atoms with Crippen LogP contribution in [0.1, 0.15) is 45.1 Å². The van der Waals surface area contributed by atoms with Crippen molar-refractivity contribution in [2.45, 2.75) is 46.5 Å². The lowest BCUT2D eigenvalue weighted by Gasteiger charge is -1.86. The molecule has 0 saturated carbocycles. The van der Waals surface area contributed by atoms with Crippen LogP contribution < -0.4 is 24.8 Å². The first-order valence-electron chi connectivity index (χ1n) is 5.32. The number of halogens is 2. The van der Waals surface area contributed by atoms with Gasteiger partial charge in [-0.15, -0.1) is 0 Å². The summed E-state index contributed by atoms with van der Waals surface area (Å²) in [6, 6.07) is 10.3. The fourth-order valence-corrected chi connectivity index (χ4v) is 1.03. The summed E-state index contributed by atoms with van der Waals surface area (Å²) in [7, 11) is 0. The molecule has 0 heterocycles. The van der Waals surface area contributed by atoms with Gasteiger partial charge in [0.2, 0.25) is 0 Å². The van der Waals surface area contributed by atoms with Gasteiger partial charge in [-0.25, -0.2) is 0 Å². The molecule has 0 aliphatic carbocycles. The van der Waals surface area contributed by atoms with E-state index in [4.69, 9.17) is 0 Å². The summed E-state index contributed by atoms with van der Waals surface area (Å²) in [5.74, 6) is 0. The van der Waals surface area contributed by atoms with Crippen LogP contribution in [0.3, 0.4) is 0 Å². The van der Waals surface area contributed by atoms with Crippen LogP contribution in [-0.4, -0.2) is 0 Å². The number of aryl methyl sites for hydroxylation is 1. The van der Waals surface area contributed by atoms with Gasteiger partial charge in [-0.05, 0) is 6.92 Å². The van der Waals surface area contributed by atoms with Crippen molar-refractivity contribution in [2.75, 3.05) is 0 Å². The van der Waals surface area contributed by atoms with E-state index < -0.39 is 0 Å². The molecule has 1 aromatic rings. The Morgan fingerprint density at radius 3 is 1.40 bits per heavy atom. The summed E-state index contributed by atoms with van der Waals surface area (Å²) in [4.78, 5) is 0. The van der Waals surface area contributed by atoms with Crippen LogP contribution in [0.25, 0.3) is 0 Å². The fraction of sp³-hybridized carbons (Fsp3) is 0.538. The predicted molar refractivity (Wildman–Crippen MR) is 61.0 cm³/mol. The molecule has 1 rings (SSSR count). The molecule has 0 aliphatic rings. The zero-order valence-electron chi connectivity index (χ0n) is 9.97. The highest BCUT2D eigenvalue weighted by molar-refractivity contribution is 5.11. The Balaban J connectivity index is -0.000000172. The molecule has 0 atom stereocenters. The SMILES string of the molecule is CCCCCC.Cc1ccccc1.[Cl-].[Cl-]. The molecule has 0 fully saturated rings. The molecular formula is C13H22Cl2-2. The van der Waals surface area contributed by atoms with Gasteiger partial charge in [0.1, 0.15) is 0 Å². The molecule has 0 aliphatic heterocycles. The molecular weight excluding hydrogens is 227 g/mol. The summed E-state index contributed by atoms with van der Waals surface area (Å²) in [5.41, 5.74) is 1.32. The number of hydrogen-bond acceptors (Lipinski definition) is 0. The predicted octanol–water partition coefficient (Wildman–Crippen LogP) is -1.41. The maximum absolute atomic E-state index is 2.23. The number of unbranched alkanes of at least 4 members (excludes halogenated alkanes) is 3. The molecule has 0 amide bonds. The Bertz CT molecular complexity index is 181. The Morgan fingerprint density at radius 1 is 0.800 bits per heavy atom. The largest absolute Gasteiger partial charge is 1.00 e. The van der Waals surface area contributed by atoms with Crippen LogP contribution in [0.2, 0.25) is 0 Å². The summed E-state index contributed by atoms with van der Waals surface area (Å²) in [6.45, 7) is 6.55. The van der Waals surface area contributed by atoms with Crippen molar-refractivity contribution in [3.63, 3.8) is 0 Å². The molecule has 0 radical (unpaired) electrons. The molecule has 0 saturated heterocycles. The maximum Gasteiger partial charge on any atom is -0.0398 e. The standard InChI is InChI=1S/C7H8.C6H14.2ClH/c1-7-5-3-2-4-6-7;1-3-5-6-4-2;;/h2-6H,1H3;3-6H2,1-2H3;2*1H/p-2. The first-order valence-corrected chi connectivity index (χ1v) is 5.32. The van der Waals surface area contributed by atoms with Crippen LogP contribution in [0, 0.1) is 6.92 Å². The van der Waals surface area contributed by atoms with Gasteiger partial charge >= 0.3 is 0 Å². The zero-order chi connectivity index (χ0) is 9.94. The van der Waals surface area contributed by atoms with Crippen molar-refractivity contribution in [3.05, 3.63) is 35.9 Å². The molecule has 1 aromatic carbocycles. The normalized spacial score (nSPS) is 7.67. The van der Waals surface area contributed by atoms with E-state index >= 15 is 0 Å². The van der Waals surface area contributed by atoms with E-state index in [9.17, 15) is 0 Å². The lowest BCUT2D eigenvalue weighted by atomic mass is 10.2. The highest BCUT2D eigenvalue weighted by Gasteiger charge is 1.75. The minimum absolute atomic E-state index is 0. The van der Waals surface area contributed by atoms with Crippen molar-refractivity contribution >= 4 is 0 Å². The summed E-state index contributed by atoms with van der Waals surface area (Å²) < 4.78 is 0. The van der Waals surface area contributed by atoms with E-state index in [1.807, 2.05) is 18.2 Å². The topological polar surface area (TPSA) is 0 Å². The summed E-state index contributed by atoms with van der Waals surface area (Å²) in [6.07, 6.45) is 5.54. The van der Waals surface area contributed by atoms with E-state index in [0.717, 1.165) is 0 Å². The van der Waals surface area contributed by atoms with E-state index in [1.165, 1.54) is 31.2 Å². The van der Waals surface area contributed by atoms with Crippen LogP contribution in [0.4, 0.5) is 0 Å². The molecule has 0 N–H and O–H groups in total. The smallest absolute Gasteiger partial charge is 0.0398 e. The molecule has 2 heteroatoms. The van der Waals surface area contributed by atoms with Gasteiger partial charge in [-0.2, -0.15) is 0 Å². The minimum Gasteiger partial charge on any atom is -1.00 e. The van der Waals surface area contributed by atoms with Crippen molar-refractivity contribution in [1.29, 1.82) is 0 Å². The third-order valence-corrected chi connectivity index (χ3v) is 1.90. The summed E-state index contributed by atoms with van der Waals surface area (Å²) in [5, 5.41) is 0. The third kappa shape index (κ3) is 16.5. The lowest BCUT2D eigenvalue weighted by molar-refractivity contribution is -0.001000. The van der Waals surface area contributed by atoms with Crippen LogP contribution in [-0.2, 0) is 0 Å². The maximum atomic E-state index is 2.23. The highest BCUT2D eigenvalue weighted by atomic mass is 35.5. The quantitative estimate of drug-likeness (QED) is 0.577. The monoisotopic (exact) mass is 248 g/mol. The third-order valence-electron chi connectivity index (χ3n) is 1.90. The molecule has 15 heavy (non-hydrogen) atoms. The van der Waals surface area contributed by atoms with Gasteiger partial charge in [0.05, 0.1) is 0 Å². The van der Waals surface area contributed by atoms with E-state index in [0.29, 0.717) is 0 Å². The average Bonchev–Trinajstić information content (AvgIpc) is 2.17. The minimum atomic E-state index is 0. The molecule has 90 valence electrons. The van der Waals surface area contributed by atoms with E-state index in [2.05, 4.69) is 32.9 Å². The first kappa shape index (κ1) is 20.2. The van der Waals surface area contributed by atoms with E-state index in [-0.39, 0.29) is 24.8 Å². The molecule has 0 spiro atoms. The van der Waals surface area contributed by atoms with Gasteiger partial charge in [0, 0.05) is 0 Å². The van der Waals surface area contributed by atoms with Crippen LogP contribution in [0.5, 0.6) is 0 Å². The van der Waals surface area contributed by atoms with Gasteiger partial charge in [-0.1, -0.05) is 75.4 Å². The van der Waals surface area contributed by atoms with Crippen molar-refractivity contribution in [3.8, 4) is 0 Å². The first-order chi connectivity index (χ1) is 6.31. The number of rotatable bonds is 3. The second kappa shape index (κ2) is 16.2. The van der Waals surface area contributed by atoms with Gasteiger partial charge in [0.25, 0.3) is 0 Å².